The van der Waals surface area contributed by atoms with Crippen LogP contribution in [0.15, 0.2) is 35.1 Å². The molecule has 1 amide bonds. The molecule has 0 radical (unpaired) electrons. The zero-order chi connectivity index (χ0) is 19.8. The molecular formula is C19H23N3O5. The lowest BCUT2D eigenvalue weighted by atomic mass is 10.1. The van der Waals surface area contributed by atoms with E-state index in [0.717, 1.165) is 0 Å². The van der Waals surface area contributed by atoms with Gasteiger partial charge in [0, 0.05) is 29.8 Å². The summed E-state index contributed by atoms with van der Waals surface area (Å²) in [5.74, 6) is -0.710. The Kier molecular flexibility index (Phi) is 7.25. The summed E-state index contributed by atoms with van der Waals surface area (Å²) in [6.07, 6.45) is 0.150. The first kappa shape index (κ1) is 20.3. The van der Waals surface area contributed by atoms with Gasteiger partial charge in [0.05, 0.1) is 6.61 Å². The summed E-state index contributed by atoms with van der Waals surface area (Å²) in [5.41, 5.74) is 1.17. The van der Waals surface area contributed by atoms with Crippen molar-refractivity contribution in [1.29, 1.82) is 0 Å². The summed E-state index contributed by atoms with van der Waals surface area (Å²) in [6, 6.07) is 9.04. The van der Waals surface area contributed by atoms with Gasteiger partial charge in [-0.3, -0.25) is 19.0 Å². The molecule has 2 aromatic rings. The molecule has 0 saturated carbocycles. The number of aryl methyl sites for hydroxylation is 1. The van der Waals surface area contributed by atoms with Crippen molar-refractivity contribution in [3.05, 3.63) is 51.9 Å². The van der Waals surface area contributed by atoms with Gasteiger partial charge in [-0.15, -0.1) is 0 Å². The van der Waals surface area contributed by atoms with E-state index in [1.54, 1.807) is 26.0 Å². The molecule has 8 nitrogen and oxygen atoms in total. The molecular weight excluding hydrogens is 350 g/mol. The van der Waals surface area contributed by atoms with E-state index in [9.17, 15) is 19.5 Å². The highest BCUT2D eigenvalue weighted by Gasteiger charge is 2.18. The highest BCUT2D eigenvalue weighted by atomic mass is 16.5. The van der Waals surface area contributed by atoms with E-state index in [0.29, 0.717) is 22.6 Å². The zero-order valence-corrected chi connectivity index (χ0v) is 15.4. The number of nitrogens with zero attached hydrogens (tertiary/aromatic N) is 2. The molecule has 1 heterocycles. The fraction of sp³-hybridized carbons (Fsp3) is 0.368. The number of aromatic nitrogens is 2. The summed E-state index contributed by atoms with van der Waals surface area (Å²) in [4.78, 5) is 41.0. The SMILES string of the molecule is CCOC(=O)CNC(=O)Cn1c(-c2ccccc2)nc(C)c(CCO)c1=O. The predicted molar refractivity (Wildman–Crippen MR) is 99.1 cm³/mol. The van der Waals surface area contributed by atoms with E-state index in [2.05, 4.69) is 10.3 Å². The Balaban J connectivity index is 2.37. The number of benzene rings is 1. The molecule has 0 fully saturated rings. The van der Waals surface area contributed by atoms with E-state index in [1.165, 1.54) is 4.57 Å². The number of carbonyl (C=O) groups is 2. The number of aliphatic hydroxyl groups excluding tert-OH is 1. The number of esters is 1. The number of nitrogens with one attached hydrogen (secondary N) is 1. The third kappa shape index (κ3) is 5.24. The molecule has 0 aliphatic rings. The molecule has 0 saturated heterocycles. The Hall–Kier alpha value is -3.00. The molecule has 0 unspecified atom stereocenters. The van der Waals surface area contributed by atoms with E-state index < -0.39 is 11.9 Å². The average Bonchev–Trinajstić information content (AvgIpc) is 2.66. The molecule has 1 aromatic heterocycles. The molecule has 0 bridgehead atoms. The third-order valence-electron chi connectivity index (χ3n) is 3.90. The van der Waals surface area contributed by atoms with Crippen LogP contribution in [0.25, 0.3) is 11.4 Å². The Labute approximate surface area is 156 Å². The second kappa shape index (κ2) is 9.63. The highest BCUT2D eigenvalue weighted by molar-refractivity contribution is 5.82. The van der Waals surface area contributed by atoms with Gasteiger partial charge in [0.2, 0.25) is 5.91 Å². The van der Waals surface area contributed by atoms with Crippen LogP contribution in [0.2, 0.25) is 0 Å². The Morgan fingerprint density at radius 3 is 2.59 bits per heavy atom. The lowest BCUT2D eigenvalue weighted by molar-refractivity contribution is -0.143. The van der Waals surface area contributed by atoms with Crippen LogP contribution in [0.5, 0.6) is 0 Å². The predicted octanol–water partition coefficient (Wildman–Crippen LogP) is 0.433. The Morgan fingerprint density at radius 2 is 1.96 bits per heavy atom. The van der Waals surface area contributed by atoms with Crippen LogP contribution >= 0.6 is 0 Å². The summed E-state index contributed by atoms with van der Waals surface area (Å²) in [5, 5.41) is 11.7. The maximum Gasteiger partial charge on any atom is 0.325 e. The first-order chi connectivity index (χ1) is 13.0. The van der Waals surface area contributed by atoms with Crippen molar-refractivity contribution in [1.82, 2.24) is 14.9 Å². The van der Waals surface area contributed by atoms with Crippen LogP contribution in [-0.4, -0.2) is 46.3 Å². The van der Waals surface area contributed by atoms with E-state index in [-0.39, 0.29) is 38.3 Å². The summed E-state index contributed by atoms with van der Waals surface area (Å²) in [6.45, 7) is 2.82. The fourth-order valence-corrected chi connectivity index (χ4v) is 2.64. The van der Waals surface area contributed by atoms with Crippen molar-refractivity contribution in [2.75, 3.05) is 19.8 Å². The van der Waals surface area contributed by atoms with Gasteiger partial charge in [-0.1, -0.05) is 30.3 Å². The average molecular weight is 373 g/mol. The van der Waals surface area contributed by atoms with Crippen LogP contribution in [0, 0.1) is 6.92 Å². The molecule has 27 heavy (non-hydrogen) atoms. The van der Waals surface area contributed by atoms with Crippen molar-refractivity contribution >= 4 is 11.9 Å². The van der Waals surface area contributed by atoms with E-state index >= 15 is 0 Å². The third-order valence-corrected chi connectivity index (χ3v) is 3.90. The smallest absolute Gasteiger partial charge is 0.325 e. The minimum atomic E-state index is -0.551. The largest absolute Gasteiger partial charge is 0.465 e. The first-order valence-corrected chi connectivity index (χ1v) is 8.66. The van der Waals surface area contributed by atoms with Crippen molar-refractivity contribution in [3.63, 3.8) is 0 Å². The van der Waals surface area contributed by atoms with Gasteiger partial charge in [0.1, 0.15) is 18.9 Å². The van der Waals surface area contributed by atoms with Gasteiger partial charge in [-0.05, 0) is 13.8 Å². The van der Waals surface area contributed by atoms with Gasteiger partial charge < -0.3 is 15.2 Å². The topological polar surface area (TPSA) is 111 Å². The van der Waals surface area contributed by atoms with Gasteiger partial charge >= 0.3 is 5.97 Å². The molecule has 0 aliphatic carbocycles. The fourth-order valence-electron chi connectivity index (χ4n) is 2.64. The Bertz CT molecular complexity index is 862. The van der Waals surface area contributed by atoms with Gasteiger partial charge in [-0.2, -0.15) is 0 Å². The maximum atomic E-state index is 12.9. The second-order valence-electron chi connectivity index (χ2n) is 5.81. The van der Waals surface area contributed by atoms with Crippen LogP contribution < -0.4 is 10.9 Å². The standard InChI is InChI=1S/C19H23N3O5/c1-3-27-17(25)11-20-16(24)12-22-18(14-7-5-4-6-8-14)21-13(2)15(9-10-23)19(22)26/h4-8,23H,3,9-12H2,1-2H3,(H,20,24). The minimum absolute atomic E-state index is 0.150. The van der Waals surface area contributed by atoms with Gasteiger partial charge in [0.25, 0.3) is 5.56 Å². The number of hydrogen-bond donors (Lipinski definition) is 2. The number of hydrogen-bond acceptors (Lipinski definition) is 6. The molecule has 0 aliphatic heterocycles. The molecule has 0 spiro atoms. The summed E-state index contributed by atoms with van der Waals surface area (Å²) >= 11 is 0. The number of ether oxygens (including phenoxy) is 1. The lowest BCUT2D eigenvalue weighted by Gasteiger charge is -2.15. The highest BCUT2D eigenvalue weighted by Crippen LogP contribution is 2.17. The summed E-state index contributed by atoms with van der Waals surface area (Å²) < 4.78 is 6.02. The Morgan fingerprint density at radius 1 is 1.26 bits per heavy atom. The van der Waals surface area contributed by atoms with Crippen LogP contribution in [0.3, 0.4) is 0 Å². The van der Waals surface area contributed by atoms with Crippen LogP contribution in [0.1, 0.15) is 18.2 Å². The monoisotopic (exact) mass is 373 g/mol. The molecule has 0 atom stereocenters. The van der Waals surface area contributed by atoms with Gasteiger partial charge in [-0.25, -0.2) is 4.98 Å². The van der Waals surface area contributed by atoms with Crippen molar-refractivity contribution in [2.24, 2.45) is 0 Å². The molecule has 1 aromatic carbocycles. The molecule has 8 heteroatoms. The summed E-state index contributed by atoms with van der Waals surface area (Å²) in [7, 11) is 0. The minimum Gasteiger partial charge on any atom is -0.465 e. The number of aliphatic hydroxyl groups is 1. The molecule has 2 N–H and O–H groups in total. The number of amides is 1. The van der Waals surface area contributed by atoms with Crippen molar-refractivity contribution in [2.45, 2.75) is 26.8 Å². The quantitative estimate of drug-likeness (QED) is 0.650. The zero-order valence-electron chi connectivity index (χ0n) is 15.4. The first-order valence-electron chi connectivity index (χ1n) is 8.66. The molecule has 2 rings (SSSR count). The van der Waals surface area contributed by atoms with Crippen molar-refractivity contribution < 1.29 is 19.4 Å². The van der Waals surface area contributed by atoms with Crippen molar-refractivity contribution in [3.8, 4) is 11.4 Å². The maximum absolute atomic E-state index is 12.9. The van der Waals surface area contributed by atoms with Crippen LogP contribution in [0.4, 0.5) is 0 Å². The second-order valence-corrected chi connectivity index (χ2v) is 5.81. The number of rotatable bonds is 8. The van der Waals surface area contributed by atoms with E-state index in [4.69, 9.17) is 4.74 Å². The normalized spacial score (nSPS) is 10.5. The lowest BCUT2D eigenvalue weighted by Crippen LogP contribution is -2.38. The van der Waals surface area contributed by atoms with E-state index in [1.807, 2.05) is 18.2 Å². The van der Waals surface area contributed by atoms with Crippen LogP contribution in [-0.2, 0) is 27.3 Å². The molecule has 144 valence electrons. The number of carbonyl (C=O) groups excluding carboxylic acids is 2. The van der Waals surface area contributed by atoms with Gasteiger partial charge in [0.15, 0.2) is 0 Å².